The van der Waals surface area contributed by atoms with Crippen LogP contribution in [0.25, 0.3) is 0 Å². The molecule has 66 valence electrons. The van der Waals surface area contributed by atoms with Gasteiger partial charge in [0.05, 0.1) is 5.71 Å². The number of halogens is 1. The molecule has 0 atom stereocenters. The van der Waals surface area contributed by atoms with E-state index in [1.807, 2.05) is 13.0 Å². The van der Waals surface area contributed by atoms with Crippen molar-refractivity contribution in [3.05, 3.63) is 47.4 Å². The van der Waals surface area contributed by atoms with E-state index in [0.717, 1.165) is 23.3 Å². The van der Waals surface area contributed by atoms with Crippen LogP contribution in [0.5, 0.6) is 0 Å². The van der Waals surface area contributed by atoms with E-state index in [0.29, 0.717) is 0 Å². The van der Waals surface area contributed by atoms with Crippen molar-refractivity contribution in [3.8, 4) is 0 Å². The summed E-state index contributed by atoms with van der Waals surface area (Å²) in [4.78, 5) is 4.18. The first-order chi connectivity index (χ1) is 6.27. The molecule has 1 aromatic carbocycles. The molecular formula is C11H10FN. The largest absolute Gasteiger partial charge is 0.261 e. The minimum absolute atomic E-state index is 0.199. The second-order valence-corrected chi connectivity index (χ2v) is 3.12. The fourth-order valence-electron chi connectivity index (χ4n) is 1.44. The zero-order valence-electron chi connectivity index (χ0n) is 7.42. The van der Waals surface area contributed by atoms with Gasteiger partial charge in [0.25, 0.3) is 0 Å². The van der Waals surface area contributed by atoms with Gasteiger partial charge in [0.15, 0.2) is 0 Å². The second kappa shape index (κ2) is 3.13. The number of hydrogen-bond acceptors (Lipinski definition) is 1. The number of aliphatic imine (C=N–C) groups is 1. The fraction of sp³-hybridized carbons (Fsp3) is 0.182. The third kappa shape index (κ3) is 1.52. The summed E-state index contributed by atoms with van der Waals surface area (Å²) in [7, 11) is 0. The van der Waals surface area contributed by atoms with Crippen molar-refractivity contribution in [2.75, 3.05) is 0 Å². The molecule has 0 aromatic heterocycles. The highest BCUT2D eigenvalue weighted by Crippen LogP contribution is 2.16. The van der Waals surface area contributed by atoms with E-state index in [2.05, 4.69) is 4.99 Å². The zero-order valence-corrected chi connectivity index (χ0v) is 7.42. The van der Waals surface area contributed by atoms with Crippen LogP contribution in [0, 0.1) is 12.7 Å². The Kier molecular flexibility index (Phi) is 1.97. The number of allylic oxidation sites excluding steroid dienone is 1. The molecule has 0 amide bonds. The van der Waals surface area contributed by atoms with Crippen LogP contribution in [-0.4, -0.2) is 5.71 Å². The predicted molar refractivity (Wildman–Crippen MR) is 51.4 cm³/mol. The Morgan fingerprint density at radius 3 is 2.92 bits per heavy atom. The van der Waals surface area contributed by atoms with Gasteiger partial charge in [0, 0.05) is 18.2 Å². The topological polar surface area (TPSA) is 12.4 Å². The van der Waals surface area contributed by atoms with E-state index in [9.17, 15) is 4.39 Å². The average molecular weight is 175 g/mol. The Bertz CT molecular complexity index is 391. The zero-order chi connectivity index (χ0) is 9.26. The van der Waals surface area contributed by atoms with Crippen LogP contribution >= 0.6 is 0 Å². The summed E-state index contributed by atoms with van der Waals surface area (Å²) >= 11 is 0. The molecule has 2 rings (SSSR count). The molecule has 0 saturated carbocycles. The highest BCUT2D eigenvalue weighted by molar-refractivity contribution is 6.04. The molecule has 0 spiro atoms. The van der Waals surface area contributed by atoms with Gasteiger partial charge in [-0.1, -0.05) is 12.1 Å². The maximum absolute atomic E-state index is 12.9. The van der Waals surface area contributed by atoms with Crippen LogP contribution in [0.15, 0.2) is 35.5 Å². The van der Waals surface area contributed by atoms with Crippen LogP contribution in [-0.2, 0) is 0 Å². The van der Waals surface area contributed by atoms with Gasteiger partial charge in [-0.25, -0.2) is 4.39 Å². The number of nitrogens with zero attached hydrogens (tertiary/aromatic N) is 1. The fourth-order valence-corrected chi connectivity index (χ4v) is 1.44. The van der Waals surface area contributed by atoms with E-state index in [1.54, 1.807) is 18.3 Å². The number of aryl methyl sites for hydroxylation is 1. The lowest BCUT2D eigenvalue weighted by Gasteiger charge is -2.04. The second-order valence-electron chi connectivity index (χ2n) is 3.12. The van der Waals surface area contributed by atoms with Crippen LogP contribution in [0.1, 0.15) is 17.5 Å². The number of rotatable bonds is 1. The van der Waals surface area contributed by atoms with Gasteiger partial charge >= 0.3 is 0 Å². The van der Waals surface area contributed by atoms with Gasteiger partial charge in [-0.2, -0.15) is 0 Å². The van der Waals surface area contributed by atoms with Crippen LogP contribution in [0.3, 0.4) is 0 Å². The average Bonchev–Trinajstić information content (AvgIpc) is 2.61. The normalized spacial score (nSPS) is 14.8. The number of hydrogen-bond donors (Lipinski definition) is 0. The maximum Gasteiger partial charge on any atom is 0.123 e. The molecule has 0 bridgehead atoms. The third-order valence-electron chi connectivity index (χ3n) is 2.16. The SMILES string of the molecule is Cc1ccc(F)cc1C1=NC=CC1. The molecule has 0 unspecified atom stereocenters. The maximum atomic E-state index is 12.9. The molecule has 0 radical (unpaired) electrons. The van der Waals surface area contributed by atoms with E-state index in [-0.39, 0.29) is 5.82 Å². The van der Waals surface area contributed by atoms with Crippen molar-refractivity contribution >= 4 is 5.71 Å². The monoisotopic (exact) mass is 175 g/mol. The lowest BCUT2D eigenvalue weighted by molar-refractivity contribution is 0.627. The van der Waals surface area contributed by atoms with Crippen molar-refractivity contribution < 1.29 is 4.39 Å². The van der Waals surface area contributed by atoms with Crippen LogP contribution in [0.2, 0.25) is 0 Å². The van der Waals surface area contributed by atoms with Gasteiger partial charge in [-0.05, 0) is 24.6 Å². The summed E-state index contributed by atoms with van der Waals surface area (Å²) in [5, 5.41) is 0. The first-order valence-corrected chi connectivity index (χ1v) is 4.25. The Hall–Kier alpha value is -1.44. The Morgan fingerprint density at radius 2 is 2.23 bits per heavy atom. The highest BCUT2D eigenvalue weighted by atomic mass is 19.1. The summed E-state index contributed by atoms with van der Waals surface area (Å²) in [6.07, 6.45) is 4.55. The quantitative estimate of drug-likeness (QED) is 0.622. The Labute approximate surface area is 76.6 Å². The molecule has 1 nitrogen and oxygen atoms in total. The molecule has 1 aromatic rings. The predicted octanol–water partition coefficient (Wildman–Crippen LogP) is 2.84. The molecule has 1 aliphatic rings. The Morgan fingerprint density at radius 1 is 1.38 bits per heavy atom. The molecule has 1 heterocycles. The molecular weight excluding hydrogens is 165 g/mol. The number of benzene rings is 1. The van der Waals surface area contributed by atoms with Gasteiger partial charge in [0.2, 0.25) is 0 Å². The van der Waals surface area contributed by atoms with Crippen molar-refractivity contribution in [2.24, 2.45) is 4.99 Å². The van der Waals surface area contributed by atoms with Gasteiger partial charge in [0.1, 0.15) is 5.82 Å². The van der Waals surface area contributed by atoms with E-state index in [4.69, 9.17) is 0 Å². The molecule has 13 heavy (non-hydrogen) atoms. The van der Waals surface area contributed by atoms with E-state index in [1.165, 1.54) is 6.07 Å². The molecule has 1 aliphatic heterocycles. The minimum atomic E-state index is -0.199. The lowest BCUT2D eigenvalue weighted by Crippen LogP contribution is -2.00. The minimum Gasteiger partial charge on any atom is -0.261 e. The van der Waals surface area contributed by atoms with Crippen molar-refractivity contribution in [1.29, 1.82) is 0 Å². The van der Waals surface area contributed by atoms with Crippen LogP contribution in [0.4, 0.5) is 4.39 Å². The first kappa shape index (κ1) is 8.17. The summed E-state index contributed by atoms with van der Waals surface area (Å²) in [6.45, 7) is 1.97. The molecule has 0 N–H and O–H groups in total. The summed E-state index contributed by atoms with van der Waals surface area (Å²) < 4.78 is 12.9. The molecule has 0 saturated heterocycles. The highest BCUT2D eigenvalue weighted by Gasteiger charge is 2.08. The van der Waals surface area contributed by atoms with E-state index < -0.39 is 0 Å². The summed E-state index contributed by atoms with van der Waals surface area (Å²) in [5.41, 5.74) is 2.95. The van der Waals surface area contributed by atoms with Crippen molar-refractivity contribution in [2.45, 2.75) is 13.3 Å². The smallest absolute Gasteiger partial charge is 0.123 e. The Balaban J connectivity index is 2.45. The first-order valence-electron chi connectivity index (χ1n) is 4.25. The molecule has 0 fully saturated rings. The molecule has 0 aliphatic carbocycles. The lowest BCUT2D eigenvalue weighted by atomic mass is 10.0. The standard InChI is InChI=1S/C11H10FN/c1-8-4-5-9(12)7-10(8)11-3-2-6-13-11/h2,4-7H,3H2,1H3. The van der Waals surface area contributed by atoms with Gasteiger partial charge in [-0.15, -0.1) is 0 Å². The van der Waals surface area contributed by atoms with Crippen molar-refractivity contribution in [1.82, 2.24) is 0 Å². The van der Waals surface area contributed by atoms with Gasteiger partial charge < -0.3 is 0 Å². The van der Waals surface area contributed by atoms with Crippen LogP contribution < -0.4 is 0 Å². The summed E-state index contributed by atoms with van der Waals surface area (Å²) in [6, 6.07) is 4.80. The third-order valence-corrected chi connectivity index (χ3v) is 2.16. The van der Waals surface area contributed by atoms with E-state index >= 15 is 0 Å². The molecule has 2 heteroatoms. The summed E-state index contributed by atoms with van der Waals surface area (Å²) in [5.74, 6) is -0.199. The van der Waals surface area contributed by atoms with Crippen molar-refractivity contribution in [3.63, 3.8) is 0 Å². The van der Waals surface area contributed by atoms with Gasteiger partial charge in [-0.3, -0.25) is 4.99 Å².